The lowest BCUT2D eigenvalue weighted by Gasteiger charge is -2.26. The van der Waals surface area contributed by atoms with Gasteiger partial charge in [-0.3, -0.25) is 9.78 Å². The molecule has 2 N–H and O–H groups in total. The van der Waals surface area contributed by atoms with Gasteiger partial charge in [0.1, 0.15) is 22.7 Å². The van der Waals surface area contributed by atoms with Crippen molar-refractivity contribution in [2.24, 2.45) is 5.73 Å². The first-order chi connectivity index (χ1) is 20.3. The average Bonchev–Trinajstić information content (AvgIpc) is 3.45. The highest BCUT2D eigenvalue weighted by Gasteiger charge is 2.42. The van der Waals surface area contributed by atoms with Crippen molar-refractivity contribution in [1.82, 2.24) is 15.2 Å². The maximum atomic E-state index is 16.0. The summed E-state index contributed by atoms with van der Waals surface area (Å²) in [6, 6.07) is 13.6. The quantitative estimate of drug-likeness (QED) is 0.282. The van der Waals surface area contributed by atoms with Gasteiger partial charge in [-0.05, 0) is 50.6 Å². The van der Waals surface area contributed by atoms with Gasteiger partial charge in [0.2, 0.25) is 18.2 Å². The Labute approximate surface area is 246 Å². The Morgan fingerprint density at radius 1 is 1.23 bits per heavy atom. The van der Waals surface area contributed by atoms with Crippen molar-refractivity contribution in [1.29, 1.82) is 5.26 Å². The van der Waals surface area contributed by atoms with Gasteiger partial charge in [-0.2, -0.15) is 5.26 Å². The Kier molecular flexibility index (Phi) is 7.70. The lowest BCUT2D eigenvalue weighted by atomic mass is 9.90. The number of benzene rings is 2. The van der Waals surface area contributed by atoms with Crippen molar-refractivity contribution in [3.63, 3.8) is 0 Å². The number of pyridine rings is 1. The third-order valence-corrected chi connectivity index (χ3v) is 7.22. The predicted molar refractivity (Wildman–Crippen MR) is 151 cm³/mol. The number of alkyl halides is 2. The van der Waals surface area contributed by atoms with Crippen molar-refractivity contribution >= 4 is 11.6 Å². The number of ether oxygens (including phenoxy) is 1. The van der Waals surface area contributed by atoms with E-state index in [9.17, 15) is 14.4 Å². The maximum absolute atomic E-state index is 16.0. The number of aromatic nitrogens is 3. The van der Waals surface area contributed by atoms with Gasteiger partial charge in [-0.1, -0.05) is 24.3 Å². The molecule has 0 saturated heterocycles. The molecule has 1 amide bonds. The summed E-state index contributed by atoms with van der Waals surface area (Å²) in [5.74, 6) is -1.30. The third-order valence-electron chi connectivity index (χ3n) is 7.22. The second-order valence-corrected chi connectivity index (χ2v) is 11.2. The highest BCUT2D eigenvalue weighted by molar-refractivity contribution is 5.99. The zero-order valence-corrected chi connectivity index (χ0v) is 23.9. The second-order valence-electron chi connectivity index (χ2n) is 11.2. The second kappa shape index (κ2) is 11.1. The number of nitriles is 1. The number of carbonyl (C=O) groups excluding carboxylic acids is 1. The van der Waals surface area contributed by atoms with Crippen LogP contribution in [0.5, 0.6) is 5.75 Å². The number of carbonyl (C=O) groups is 1. The number of halogens is 3. The largest absolute Gasteiger partial charge is 0.459 e. The minimum absolute atomic E-state index is 0.00606. The van der Waals surface area contributed by atoms with Crippen LogP contribution < -0.4 is 15.4 Å². The zero-order valence-electron chi connectivity index (χ0n) is 23.9. The molecule has 43 heavy (non-hydrogen) atoms. The normalized spacial score (nSPS) is 19.4. The molecule has 3 heterocycles. The van der Waals surface area contributed by atoms with E-state index >= 15 is 8.78 Å². The fourth-order valence-corrected chi connectivity index (χ4v) is 4.86. The highest BCUT2D eigenvalue weighted by Crippen LogP contribution is 2.44. The van der Waals surface area contributed by atoms with Crippen molar-refractivity contribution in [2.75, 3.05) is 4.90 Å². The first kappa shape index (κ1) is 29.7. The molecule has 0 bridgehead atoms. The van der Waals surface area contributed by atoms with Gasteiger partial charge in [0.25, 0.3) is 5.89 Å². The predicted octanol–water partition coefficient (Wildman–Crippen LogP) is 5.88. The first-order valence-corrected chi connectivity index (χ1v) is 13.5. The van der Waals surface area contributed by atoms with Gasteiger partial charge in [0.15, 0.2) is 0 Å². The van der Waals surface area contributed by atoms with Crippen LogP contribution in [-0.4, -0.2) is 33.5 Å². The number of fused-ring (bicyclic) bond motifs is 1. The summed E-state index contributed by atoms with van der Waals surface area (Å²) in [6.45, 7) is 5.69. The van der Waals surface area contributed by atoms with Gasteiger partial charge < -0.3 is 19.8 Å². The van der Waals surface area contributed by atoms with E-state index in [0.717, 1.165) is 11.6 Å². The van der Waals surface area contributed by atoms with Gasteiger partial charge in [0.05, 0.1) is 41.8 Å². The lowest BCUT2D eigenvalue weighted by molar-refractivity contribution is -0.120. The van der Waals surface area contributed by atoms with Gasteiger partial charge in [-0.15, -0.1) is 10.2 Å². The van der Waals surface area contributed by atoms with Gasteiger partial charge in [0, 0.05) is 24.5 Å². The van der Waals surface area contributed by atoms with Gasteiger partial charge >= 0.3 is 0 Å². The Hall–Kier alpha value is -4.76. The number of hydrogen-bond acceptors (Lipinski definition) is 8. The van der Waals surface area contributed by atoms with Crippen LogP contribution in [0.15, 0.2) is 59.1 Å². The van der Waals surface area contributed by atoms with Crippen molar-refractivity contribution in [3.8, 4) is 34.5 Å². The number of nitrogens with zero attached hydrogens (tertiary/aromatic N) is 5. The van der Waals surface area contributed by atoms with E-state index in [1.54, 1.807) is 50.2 Å². The smallest absolute Gasteiger partial charge is 0.250 e. The van der Waals surface area contributed by atoms with Crippen LogP contribution in [0.3, 0.4) is 0 Å². The number of hydrogen-bond donors (Lipinski definition) is 1. The molecule has 1 aliphatic rings. The summed E-state index contributed by atoms with van der Waals surface area (Å²) in [5.41, 5.74) is 4.89. The van der Waals surface area contributed by atoms with Crippen LogP contribution >= 0.6 is 0 Å². The van der Waals surface area contributed by atoms with E-state index < -0.39 is 35.2 Å². The van der Waals surface area contributed by atoms with Crippen LogP contribution in [0.1, 0.15) is 51.1 Å². The van der Waals surface area contributed by atoms with Crippen LogP contribution in [0.25, 0.3) is 22.7 Å². The molecular weight excluding hydrogens is 561 g/mol. The van der Waals surface area contributed by atoms with Crippen molar-refractivity contribution in [3.05, 3.63) is 77.6 Å². The fraction of sp³-hybridized carbons (Fsp3) is 0.323. The van der Waals surface area contributed by atoms with Crippen molar-refractivity contribution in [2.45, 2.75) is 64.1 Å². The molecule has 4 aromatic rings. The monoisotopic (exact) mass is 590 g/mol. The molecule has 5 rings (SSSR count). The Morgan fingerprint density at radius 3 is 2.58 bits per heavy atom. The lowest BCUT2D eigenvalue weighted by Crippen LogP contribution is -2.43. The number of amides is 1. The molecule has 2 unspecified atom stereocenters. The molecule has 1 aliphatic heterocycles. The Morgan fingerprint density at radius 2 is 1.95 bits per heavy atom. The molecule has 0 fully saturated rings. The summed E-state index contributed by atoms with van der Waals surface area (Å²) >= 11 is 0. The number of nitrogens with two attached hydrogens (primary N) is 1. The molecule has 222 valence electrons. The number of anilines is 1. The van der Waals surface area contributed by atoms with E-state index in [2.05, 4.69) is 15.2 Å². The average molecular weight is 591 g/mol. The molecule has 3 atom stereocenters. The van der Waals surface area contributed by atoms with E-state index in [1.165, 1.54) is 31.0 Å². The van der Waals surface area contributed by atoms with E-state index in [0.29, 0.717) is 17.0 Å². The van der Waals surface area contributed by atoms with Crippen LogP contribution in [0.2, 0.25) is 0 Å². The zero-order chi connectivity index (χ0) is 31.1. The molecule has 0 saturated carbocycles. The fourth-order valence-electron chi connectivity index (χ4n) is 4.86. The van der Waals surface area contributed by atoms with E-state index in [1.807, 2.05) is 6.07 Å². The first-order valence-electron chi connectivity index (χ1n) is 13.5. The molecule has 2 aromatic heterocycles. The molecule has 0 aliphatic carbocycles. The summed E-state index contributed by atoms with van der Waals surface area (Å²) in [7, 11) is 0. The van der Waals surface area contributed by atoms with E-state index in [4.69, 9.17) is 14.9 Å². The van der Waals surface area contributed by atoms with Gasteiger partial charge in [-0.25, -0.2) is 13.2 Å². The minimum atomic E-state index is -2.12. The van der Waals surface area contributed by atoms with E-state index in [-0.39, 0.29) is 41.6 Å². The van der Waals surface area contributed by atoms with Crippen LogP contribution in [0.4, 0.5) is 18.9 Å². The highest BCUT2D eigenvalue weighted by atomic mass is 19.1. The molecule has 12 heteroatoms. The Bertz CT molecular complexity index is 1700. The Balaban J connectivity index is 1.51. The summed E-state index contributed by atoms with van der Waals surface area (Å²) in [6.07, 6.45) is -0.387. The third kappa shape index (κ3) is 5.94. The molecule has 9 nitrogen and oxygen atoms in total. The summed E-state index contributed by atoms with van der Waals surface area (Å²) in [4.78, 5) is 19.1. The standard InChI is InChI=1S/C31H29F3N6O3/c1-17(32)42-20-9-10-25(37-14-20)19-7-5-18(6-8-19)15-40-26-11-21(27-38-39-29(43-27)30(2,3)16-35)23(33)12-22(26)31(4,34)13-24(36)28(40)41/h5-12,14,17,24H,13,15,36H2,1-4H3/t17?,24-,31?/m1/s1. The topological polar surface area (TPSA) is 131 Å². The van der Waals surface area contributed by atoms with Crippen molar-refractivity contribution < 1.29 is 27.1 Å². The van der Waals surface area contributed by atoms with Crippen LogP contribution in [-0.2, 0) is 22.4 Å². The SMILES string of the molecule is CC(F)Oc1ccc(-c2ccc(CN3C(=O)[C@H](N)CC(C)(F)c4cc(F)c(-c5nnc(C(C)(C)C#N)o5)cc43)cc2)nc1. The minimum Gasteiger partial charge on any atom is -0.459 e. The number of rotatable bonds is 7. The summed E-state index contributed by atoms with van der Waals surface area (Å²) in [5, 5.41) is 17.2. The van der Waals surface area contributed by atoms with Crippen LogP contribution in [0, 0.1) is 17.1 Å². The summed E-state index contributed by atoms with van der Waals surface area (Å²) < 4.78 is 55.1. The molecule has 0 spiro atoms. The maximum Gasteiger partial charge on any atom is 0.250 e. The molecular formula is C31H29F3N6O3. The molecule has 0 radical (unpaired) electrons. The molecule has 2 aromatic carbocycles.